The number of rotatable bonds is 6. The Morgan fingerprint density at radius 3 is 2.43 bits per heavy atom. The number of aryl methyl sites for hydroxylation is 2. The Hall–Kier alpha value is -0.700. The second kappa shape index (κ2) is 7.04. The molecule has 0 aliphatic rings. The van der Waals surface area contributed by atoms with Gasteiger partial charge in [-0.3, -0.25) is 4.68 Å². The van der Waals surface area contributed by atoms with Crippen molar-refractivity contribution in [2.75, 3.05) is 11.8 Å². The molecule has 0 saturated heterocycles. The summed E-state index contributed by atoms with van der Waals surface area (Å²) in [5, 5.41) is 5.20. The van der Waals surface area contributed by atoms with Gasteiger partial charge in [-0.2, -0.15) is 5.10 Å². The predicted molar refractivity (Wildman–Crippen MR) is 90.9 cm³/mol. The van der Waals surface area contributed by atoms with Gasteiger partial charge in [0.25, 0.3) is 0 Å². The average molecular weight is 346 g/mol. The summed E-state index contributed by atoms with van der Waals surface area (Å²) in [5.74, 6) is 0.822. The van der Waals surface area contributed by atoms with E-state index >= 15 is 0 Å². The van der Waals surface area contributed by atoms with E-state index in [-0.39, 0.29) is 5.41 Å². The monoisotopic (exact) mass is 344 g/mol. The third-order valence-electron chi connectivity index (χ3n) is 3.76. The molecule has 0 fully saturated rings. The summed E-state index contributed by atoms with van der Waals surface area (Å²) in [6, 6.07) is 9.87. The van der Waals surface area contributed by atoms with Crippen molar-refractivity contribution in [3.63, 3.8) is 0 Å². The molecule has 2 rings (SSSR count). The van der Waals surface area contributed by atoms with Crippen molar-refractivity contribution in [1.82, 2.24) is 9.78 Å². The Kier molecular flexibility index (Phi) is 5.59. The number of hydrogen-bond donors (Lipinski definition) is 0. The normalized spacial score (nSPS) is 11.9. The molecule has 2 nitrogen and oxygen atoms in total. The van der Waals surface area contributed by atoms with Gasteiger partial charge in [0, 0.05) is 40.9 Å². The molecule has 0 bridgehead atoms. The summed E-state index contributed by atoms with van der Waals surface area (Å²) in [4.78, 5) is 0. The number of hydrogen-bond acceptors (Lipinski definition) is 1. The van der Waals surface area contributed by atoms with E-state index in [4.69, 9.17) is 34.8 Å². The minimum absolute atomic E-state index is 0.388. The highest BCUT2D eigenvalue weighted by Crippen LogP contribution is 2.36. The molecular formula is C16H19Cl3N2. The average Bonchev–Trinajstić information content (AvgIpc) is 2.85. The van der Waals surface area contributed by atoms with E-state index in [1.165, 1.54) is 0 Å². The Morgan fingerprint density at radius 2 is 1.86 bits per heavy atom. The highest BCUT2D eigenvalue weighted by Gasteiger charge is 2.34. The van der Waals surface area contributed by atoms with E-state index in [2.05, 4.69) is 18.1 Å². The van der Waals surface area contributed by atoms with Crippen molar-refractivity contribution in [2.24, 2.45) is 0 Å². The second-order valence-corrected chi connectivity index (χ2v) is 6.24. The molecule has 0 aliphatic carbocycles. The lowest BCUT2D eigenvalue weighted by atomic mass is 9.80. The molecule has 21 heavy (non-hydrogen) atoms. The number of nitrogens with zero attached hydrogens (tertiary/aromatic N) is 2. The van der Waals surface area contributed by atoms with Crippen molar-refractivity contribution < 1.29 is 0 Å². The van der Waals surface area contributed by atoms with Crippen LogP contribution < -0.4 is 0 Å². The van der Waals surface area contributed by atoms with Crippen LogP contribution in [0.4, 0.5) is 0 Å². The van der Waals surface area contributed by atoms with Crippen LogP contribution in [-0.4, -0.2) is 21.5 Å². The molecule has 0 atom stereocenters. The number of alkyl halides is 2. The first-order valence-electron chi connectivity index (χ1n) is 6.96. The highest BCUT2D eigenvalue weighted by atomic mass is 35.5. The summed E-state index contributed by atoms with van der Waals surface area (Å²) in [5.41, 5.74) is 2.75. The van der Waals surface area contributed by atoms with Gasteiger partial charge < -0.3 is 0 Å². The summed E-state index contributed by atoms with van der Waals surface area (Å²) in [6.07, 6.45) is 0.721. The quantitative estimate of drug-likeness (QED) is 0.686. The van der Waals surface area contributed by atoms with E-state index in [9.17, 15) is 0 Å². The fourth-order valence-corrected chi connectivity index (χ4v) is 3.72. The molecule has 0 saturated carbocycles. The van der Waals surface area contributed by atoms with E-state index in [1.54, 1.807) is 0 Å². The Morgan fingerprint density at radius 1 is 1.19 bits per heavy atom. The van der Waals surface area contributed by atoms with Gasteiger partial charge >= 0.3 is 0 Å². The van der Waals surface area contributed by atoms with E-state index < -0.39 is 0 Å². The first-order valence-corrected chi connectivity index (χ1v) is 8.41. The molecule has 2 aromatic rings. The van der Waals surface area contributed by atoms with Crippen LogP contribution >= 0.6 is 34.8 Å². The van der Waals surface area contributed by atoms with Gasteiger partial charge in [-0.15, -0.1) is 23.2 Å². The summed E-state index contributed by atoms with van der Waals surface area (Å²) < 4.78 is 2.00. The molecule has 0 amide bonds. The molecule has 5 heteroatoms. The first kappa shape index (κ1) is 16.7. The summed E-state index contributed by atoms with van der Waals surface area (Å²) >= 11 is 19.0. The zero-order chi connectivity index (χ0) is 15.5. The van der Waals surface area contributed by atoms with Gasteiger partial charge in [0.05, 0.1) is 5.69 Å². The van der Waals surface area contributed by atoms with E-state index in [0.717, 1.165) is 29.9 Å². The molecular weight excluding hydrogens is 327 g/mol. The highest BCUT2D eigenvalue weighted by molar-refractivity contribution is 6.32. The Balaban J connectivity index is 2.45. The number of halogens is 3. The lowest BCUT2D eigenvalue weighted by Crippen LogP contribution is -2.34. The Labute approximate surface area is 141 Å². The molecule has 0 unspecified atom stereocenters. The third-order valence-corrected chi connectivity index (χ3v) is 5.11. The first-order chi connectivity index (χ1) is 10.1. The van der Waals surface area contributed by atoms with Crippen LogP contribution in [0.2, 0.25) is 5.02 Å². The smallest absolute Gasteiger partial charge is 0.0596 e. The molecule has 1 aromatic heterocycles. The van der Waals surface area contributed by atoms with Crippen LogP contribution in [0, 0.1) is 6.92 Å². The van der Waals surface area contributed by atoms with Crippen LogP contribution in [0.15, 0.2) is 30.3 Å². The molecule has 0 N–H and O–H groups in total. The van der Waals surface area contributed by atoms with Gasteiger partial charge in [-0.25, -0.2) is 0 Å². The van der Waals surface area contributed by atoms with Crippen molar-refractivity contribution in [3.05, 3.63) is 52.3 Å². The fourth-order valence-electron chi connectivity index (χ4n) is 2.62. The lowest BCUT2D eigenvalue weighted by molar-refractivity contribution is 0.498. The third kappa shape index (κ3) is 3.39. The molecule has 114 valence electrons. The van der Waals surface area contributed by atoms with Gasteiger partial charge in [0.1, 0.15) is 0 Å². The molecule has 1 aromatic carbocycles. The predicted octanol–water partition coefficient (Wildman–Crippen LogP) is 4.82. The van der Waals surface area contributed by atoms with Crippen LogP contribution in [0.25, 0.3) is 0 Å². The van der Waals surface area contributed by atoms with Crippen LogP contribution in [-0.2, 0) is 18.4 Å². The molecule has 0 spiro atoms. The molecule has 1 heterocycles. The zero-order valence-corrected chi connectivity index (χ0v) is 14.5. The summed E-state index contributed by atoms with van der Waals surface area (Å²) in [6.45, 7) is 4.90. The fraction of sp³-hybridized carbons (Fsp3) is 0.438. The van der Waals surface area contributed by atoms with Crippen LogP contribution in [0.5, 0.6) is 0 Å². The van der Waals surface area contributed by atoms with Gasteiger partial charge in [0.2, 0.25) is 0 Å². The topological polar surface area (TPSA) is 17.8 Å². The van der Waals surface area contributed by atoms with Crippen LogP contribution in [0.1, 0.15) is 23.9 Å². The SMILES string of the molecule is CCn1nc(C)cc1CC(CCl)(CCl)c1ccccc1Cl. The van der Waals surface area contributed by atoms with Crippen molar-refractivity contribution in [2.45, 2.75) is 32.2 Å². The number of aromatic nitrogens is 2. The van der Waals surface area contributed by atoms with E-state index in [1.807, 2.05) is 35.9 Å². The maximum absolute atomic E-state index is 6.37. The van der Waals surface area contributed by atoms with Gasteiger partial charge in [0.15, 0.2) is 0 Å². The largest absolute Gasteiger partial charge is 0.270 e. The lowest BCUT2D eigenvalue weighted by Gasteiger charge is -2.31. The minimum atomic E-state index is -0.388. The minimum Gasteiger partial charge on any atom is -0.270 e. The standard InChI is InChI=1S/C16H19Cl3N2/c1-3-21-13(8-12(2)20-21)9-16(10-17,11-18)14-6-4-5-7-15(14)19/h4-8H,3,9-11H2,1-2H3. The van der Waals surface area contributed by atoms with Gasteiger partial charge in [-0.05, 0) is 31.5 Å². The molecule has 0 radical (unpaired) electrons. The van der Waals surface area contributed by atoms with Crippen molar-refractivity contribution >= 4 is 34.8 Å². The maximum Gasteiger partial charge on any atom is 0.0596 e. The van der Waals surface area contributed by atoms with Crippen molar-refractivity contribution in [3.8, 4) is 0 Å². The Bertz CT molecular complexity index is 603. The van der Waals surface area contributed by atoms with Crippen molar-refractivity contribution in [1.29, 1.82) is 0 Å². The maximum atomic E-state index is 6.37. The van der Waals surface area contributed by atoms with Gasteiger partial charge in [-0.1, -0.05) is 29.8 Å². The zero-order valence-electron chi connectivity index (χ0n) is 12.2. The second-order valence-electron chi connectivity index (χ2n) is 5.30. The number of benzene rings is 1. The summed E-state index contributed by atoms with van der Waals surface area (Å²) in [7, 11) is 0. The molecule has 0 aliphatic heterocycles. The van der Waals surface area contributed by atoms with E-state index in [0.29, 0.717) is 16.8 Å². The van der Waals surface area contributed by atoms with Crippen LogP contribution in [0.3, 0.4) is 0 Å².